The van der Waals surface area contributed by atoms with Crippen molar-refractivity contribution < 1.29 is 28.7 Å². The average molecular weight is 444 g/mol. The number of esters is 1. The lowest BCUT2D eigenvalue weighted by Gasteiger charge is -2.19. The van der Waals surface area contributed by atoms with E-state index in [4.69, 9.17) is 9.47 Å². The van der Waals surface area contributed by atoms with Crippen LogP contribution in [-0.4, -0.2) is 43.8 Å². The van der Waals surface area contributed by atoms with Gasteiger partial charge in [0.05, 0.1) is 16.8 Å². The van der Waals surface area contributed by atoms with E-state index in [1.807, 2.05) is 18.2 Å². The number of fused-ring (bicyclic) bond motifs is 1. The Morgan fingerprint density at radius 1 is 0.970 bits per heavy atom. The van der Waals surface area contributed by atoms with Crippen LogP contribution in [0, 0.1) is 0 Å². The number of anilines is 2. The summed E-state index contributed by atoms with van der Waals surface area (Å²) in [5, 5.41) is 2.62. The first-order valence-electron chi connectivity index (χ1n) is 10.1. The third-order valence-electron chi connectivity index (χ3n) is 5.09. The summed E-state index contributed by atoms with van der Waals surface area (Å²) in [6, 6.07) is 19.9. The summed E-state index contributed by atoms with van der Waals surface area (Å²) in [5.74, 6) is -1.50. The van der Waals surface area contributed by atoms with Crippen LogP contribution in [0.5, 0.6) is 5.75 Å². The van der Waals surface area contributed by atoms with Crippen LogP contribution in [0.3, 0.4) is 0 Å². The van der Waals surface area contributed by atoms with Gasteiger partial charge in [0.15, 0.2) is 19.0 Å². The summed E-state index contributed by atoms with van der Waals surface area (Å²) >= 11 is 0. The second-order valence-corrected chi connectivity index (χ2v) is 7.29. The molecule has 0 saturated heterocycles. The maximum atomic E-state index is 13.0. The molecule has 0 bridgehead atoms. The number of para-hydroxylation sites is 1. The van der Waals surface area contributed by atoms with Gasteiger partial charge >= 0.3 is 5.97 Å². The average Bonchev–Trinajstić information content (AvgIpc) is 2.86. The number of hydrogen-bond acceptors (Lipinski definition) is 6. The number of rotatable bonds is 6. The fraction of sp³-hybridized carbons (Fsp3) is 0.120. The minimum Gasteiger partial charge on any atom is -0.482 e. The zero-order valence-corrected chi connectivity index (χ0v) is 17.7. The lowest BCUT2D eigenvalue weighted by Crippen LogP contribution is -2.28. The fourth-order valence-electron chi connectivity index (χ4n) is 3.35. The van der Waals surface area contributed by atoms with Crippen LogP contribution in [0.15, 0.2) is 72.8 Å². The number of benzene rings is 3. The molecule has 0 unspecified atom stereocenters. The van der Waals surface area contributed by atoms with Gasteiger partial charge in [-0.15, -0.1) is 0 Å². The summed E-state index contributed by atoms with van der Waals surface area (Å²) in [6.07, 6.45) is 0. The molecule has 1 heterocycles. The minimum absolute atomic E-state index is 0.0594. The Morgan fingerprint density at radius 2 is 1.67 bits per heavy atom. The van der Waals surface area contributed by atoms with Gasteiger partial charge < -0.3 is 19.7 Å². The molecule has 0 saturated carbocycles. The number of carbonyl (C=O) groups excluding carboxylic acids is 4. The molecule has 3 aromatic carbocycles. The Morgan fingerprint density at radius 3 is 2.42 bits per heavy atom. The molecule has 0 aromatic heterocycles. The van der Waals surface area contributed by atoms with Crippen molar-refractivity contribution in [3.63, 3.8) is 0 Å². The summed E-state index contributed by atoms with van der Waals surface area (Å²) in [5.41, 5.74) is 1.52. The highest BCUT2D eigenvalue weighted by atomic mass is 16.5. The molecular formula is C25H20N2O6. The minimum atomic E-state index is -0.789. The Bertz CT molecular complexity index is 1240. The predicted molar refractivity (Wildman–Crippen MR) is 121 cm³/mol. The number of carbonyl (C=O) groups is 4. The maximum Gasteiger partial charge on any atom is 0.339 e. The molecule has 0 atom stereocenters. The second kappa shape index (κ2) is 9.35. The van der Waals surface area contributed by atoms with Crippen molar-refractivity contribution in [3.8, 4) is 5.75 Å². The Labute approximate surface area is 189 Å². The van der Waals surface area contributed by atoms with Crippen LogP contribution in [-0.2, 0) is 9.53 Å². The van der Waals surface area contributed by atoms with Crippen molar-refractivity contribution in [1.82, 2.24) is 0 Å². The molecule has 0 aliphatic carbocycles. The second-order valence-electron chi connectivity index (χ2n) is 7.29. The van der Waals surface area contributed by atoms with Gasteiger partial charge in [-0.1, -0.05) is 30.3 Å². The first-order chi connectivity index (χ1) is 15.9. The standard InChI is InChI=1S/C25H20N2O6/c1-27(17-7-3-2-4-8-17)24(30)18-9-5-6-10-19(18)25(31)33-14-21(28)16-11-12-22-20(13-16)26-23(29)15-32-22/h2-13H,14-15H2,1H3,(H,26,29). The number of amides is 2. The predicted octanol–water partition coefficient (Wildman–Crippen LogP) is 3.33. The van der Waals surface area contributed by atoms with E-state index in [2.05, 4.69) is 5.32 Å². The highest BCUT2D eigenvalue weighted by Gasteiger charge is 2.23. The Hall–Kier alpha value is -4.46. The van der Waals surface area contributed by atoms with E-state index in [1.165, 1.54) is 29.2 Å². The molecule has 3 aromatic rings. The van der Waals surface area contributed by atoms with Crippen molar-refractivity contribution in [2.75, 3.05) is 30.5 Å². The third-order valence-corrected chi connectivity index (χ3v) is 5.09. The smallest absolute Gasteiger partial charge is 0.339 e. The van der Waals surface area contributed by atoms with Crippen molar-refractivity contribution in [2.45, 2.75) is 0 Å². The normalized spacial score (nSPS) is 12.1. The van der Waals surface area contributed by atoms with E-state index in [0.29, 0.717) is 17.1 Å². The molecule has 33 heavy (non-hydrogen) atoms. The van der Waals surface area contributed by atoms with Crippen molar-refractivity contribution >= 4 is 34.9 Å². The molecule has 0 spiro atoms. The van der Waals surface area contributed by atoms with Crippen molar-refractivity contribution in [1.29, 1.82) is 0 Å². The zero-order valence-electron chi connectivity index (χ0n) is 17.7. The van der Waals surface area contributed by atoms with Gasteiger partial charge in [0.1, 0.15) is 5.75 Å². The summed E-state index contributed by atoms with van der Waals surface area (Å²) in [6.45, 7) is -0.612. The number of ketones is 1. The molecule has 8 nitrogen and oxygen atoms in total. The summed E-state index contributed by atoms with van der Waals surface area (Å²) in [7, 11) is 1.61. The van der Waals surface area contributed by atoms with Gasteiger partial charge in [-0.05, 0) is 42.5 Å². The SMILES string of the molecule is CN(C(=O)c1ccccc1C(=O)OCC(=O)c1ccc2c(c1)NC(=O)CO2)c1ccccc1. The molecule has 1 N–H and O–H groups in total. The zero-order chi connectivity index (χ0) is 23.4. The molecule has 2 amide bonds. The molecule has 166 valence electrons. The lowest BCUT2D eigenvalue weighted by molar-refractivity contribution is -0.118. The topological polar surface area (TPSA) is 102 Å². The van der Waals surface area contributed by atoms with E-state index in [9.17, 15) is 19.2 Å². The highest BCUT2D eigenvalue weighted by Crippen LogP contribution is 2.28. The monoisotopic (exact) mass is 444 g/mol. The molecule has 0 fully saturated rings. The van der Waals surface area contributed by atoms with E-state index < -0.39 is 18.4 Å². The molecule has 8 heteroatoms. The van der Waals surface area contributed by atoms with Crippen molar-refractivity contribution in [3.05, 3.63) is 89.5 Å². The van der Waals surface area contributed by atoms with Crippen LogP contribution >= 0.6 is 0 Å². The fourth-order valence-corrected chi connectivity index (χ4v) is 3.35. The first-order valence-corrected chi connectivity index (χ1v) is 10.1. The van der Waals surface area contributed by atoms with Gasteiger partial charge in [-0.3, -0.25) is 14.4 Å². The van der Waals surface area contributed by atoms with E-state index in [-0.39, 0.29) is 35.1 Å². The Kier molecular flexibility index (Phi) is 6.17. The number of nitrogens with zero attached hydrogens (tertiary/aromatic N) is 1. The maximum absolute atomic E-state index is 13.0. The summed E-state index contributed by atoms with van der Waals surface area (Å²) < 4.78 is 10.5. The van der Waals surface area contributed by atoms with Crippen LogP contribution in [0.25, 0.3) is 0 Å². The van der Waals surface area contributed by atoms with Crippen LogP contribution in [0.4, 0.5) is 11.4 Å². The van der Waals surface area contributed by atoms with Gasteiger partial charge in [-0.25, -0.2) is 4.79 Å². The first kappa shape index (κ1) is 21.8. The quantitative estimate of drug-likeness (QED) is 0.462. The van der Waals surface area contributed by atoms with Crippen LogP contribution in [0.1, 0.15) is 31.1 Å². The third kappa shape index (κ3) is 4.74. The number of Topliss-reactive ketones (excluding diaryl/α,β-unsaturated/α-hetero) is 1. The van der Waals surface area contributed by atoms with Gasteiger partial charge in [0.25, 0.3) is 11.8 Å². The number of ether oxygens (including phenoxy) is 2. The molecule has 1 aliphatic rings. The Balaban J connectivity index is 1.46. The summed E-state index contributed by atoms with van der Waals surface area (Å²) in [4.78, 5) is 51.2. The van der Waals surface area contributed by atoms with Crippen molar-refractivity contribution in [2.24, 2.45) is 0 Å². The van der Waals surface area contributed by atoms with Crippen LogP contribution < -0.4 is 15.0 Å². The number of nitrogens with one attached hydrogen (secondary N) is 1. The van der Waals surface area contributed by atoms with E-state index in [1.54, 1.807) is 37.4 Å². The molecule has 4 rings (SSSR count). The van der Waals surface area contributed by atoms with Crippen LogP contribution in [0.2, 0.25) is 0 Å². The van der Waals surface area contributed by atoms with Gasteiger partial charge in [0, 0.05) is 18.3 Å². The van der Waals surface area contributed by atoms with E-state index >= 15 is 0 Å². The lowest BCUT2D eigenvalue weighted by atomic mass is 10.1. The largest absolute Gasteiger partial charge is 0.482 e. The molecule has 0 radical (unpaired) electrons. The van der Waals surface area contributed by atoms with Gasteiger partial charge in [-0.2, -0.15) is 0 Å². The molecule has 1 aliphatic heterocycles. The highest BCUT2D eigenvalue weighted by molar-refractivity contribution is 6.12. The number of hydrogen-bond donors (Lipinski definition) is 1. The molecular weight excluding hydrogens is 424 g/mol. The van der Waals surface area contributed by atoms with Gasteiger partial charge in [0.2, 0.25) is 0 Å². The van der Waals surface area contributed by atoms with E-state index in [0.717, 1.165) is 0 Å².